The highest BCUT2D eigenvalue weighted by molar-refractivity contribution is 7.98. The number of fused-ring (bicyclic) bond motifs is 3. The van der Waals surface area contributed by atoms with E-state index in [0.717, 1.165) is 35.8 Å². The topological polar surface area (TPSA) is 41.1 Å². The Kier molecular flexibility index (Phi) is 6.51. The van der Waals surface area contributed by atoms with E-state index in [2.05, 4.69) is 23.8 Å². The van der Waals surface area contributed by atoms with Crippen LogP contribution in [0.3, 0.4) is 0 Å². The Morgan fingerprint density at radius 3 is 2.70 bits per heavy atom. The van der Waals surface area contributed by atoms with Crippen molar-refractivity contribution < 1.29 is 4.79 Å². The highest BCUT2D eigenvalue weighted by Gasteiger charge is 2.47. The summed E-state index contributed by atoms with van der Waals surface area (Å²) in [5.41, 5.74) is 1.49. The average Bonchev–Trinajstić information content (AvgIpc) is 2.72. The first kappa shape index (κ1) is 20.2. The molecule has 1 aromatic carbocycles. The van der Waals surface area contributed by atoms with Crippen molar-refractivity contribution in [3.63, 3.8) is 0 Å². The molecule has 1 aromatic rings. The maximum atomic E-state index is 13.1. The number of carbonyl (C=O) groups excluding carboxylic acids is 1. The maximum absolute atomic E-state index is 13.1. The van der Waals surface area contributed by atoms with Gasteiger partial charge in [-0.25, -0.2) is 0 Å². The fourth-order valence-electron chi connectivity index (χ4n) is 4.29. The van der Waals surface area contributed by atoms with Crippen molar-refractivity contribution in [2.75, 3.05) is 12.8 Å². The number of allylic oxidation sites excluding steroid dienone is 2. The molecule has 3 nitrogen and oxygen atoms in total. The summed E-state index contributed by atoms with van der Waals surface area (Å²) >= 11 is 7.73. The maximum Gasteiger partial charge on any atom is 0.251 e. The number of halogens is 1. The average molecular weight is 403 g/mol. The molecular formula is C22H27ClN2OS. The van der Waals surface area contributed by atoms with Crippen molar-refractivity contribution >= 4 is 29.3 Å². The summed E-state index contributed by atoms with van der Waals surface area (Å²) in [4.78, 5) is 14.0. The minimum atomic E-state index is -0.143. The van der Waals surface area contributed by atoms with Crippen LogP contribution in [-0.4, -0.2) is 30.3 Å². The molecule has 1 saturated carbocycles. The van der Waals surface area contributed by atoms with E-state index in [0.29, 0.717) is 10.6 Å². The van der Waals surface area contributed by atoms with Gasteiger partial charge in [0.2, 0.25) is 0 Å². The lowest BCUT2D eigenvalue weighted by molar-refractivity contribution is 0.0756. The Labute approximate surface area is 171 Å². The second-order valence-electron chi connectivity index (χ2n) is 7.34. The Balaban J connectivity index is 1.91. The van der Waals surface area contributed by atoms with Crippen LogP contribution in [0.2, 0.25) is 5.02 Å². The van der Waals surface area contributed by atoms with Crippen LogP contribution in [0.4, 0.5) is 0 Å². The summed E-state index contributed by atoms with van der Waals surface area (Å²) < 4.78 is 0. The van der Waals surface area contributed by atoms with Crippen LogP contribution in [0.15, 0.2) is 60.1 Å². The molecule has 4 rings (SSSR count). The fourth-order valence-corrected chi connectivity index (χ4v) is 5.14. The normalized spacial score (nSPS) is 25.7. The third-order valence-corrected chi connectivity index (χ3v) is 7.08. The molecule has 3 fully saturated rings. The smallest absolute Gasteiger partial charge is 0.251 e. The van der Waals surface area contributed by atoms with Gasteiger partial charge in [-0.15, -0.1) is 11.8 Å². The zero-order chi connectivity index (χ0) is 19.4. The van der Waals surface area contributed by atoms with Crippen molar-refractivity contribution in [1.82, 2.24) is 10.6 Å². The molecule has 2 bridgehead atoms. The van der Waals surface area contributed by atoms with Crippen LogP contribution < -0.4 is 10.6 Å². The van der Waals surface area contributed by atoms with Crippen LogP contribution >= 0.6 is 23.4 Å². The molecule has 1 unspecified atom stereocenters. The molecule has 0 radical (unpaired) electrons. The standard InChI is InChI=1S/C22H27ClN2OS/c1-4-6-16(5-2)20(22-11-9-15(10-12-22)14-24-22)25-21(26)17-7-8-18(23)19(13-17)27-3/h4-8,13,15,20,24H,1-2,9-12,14H2,3H3,(H,25,26)/b16-6+. The molecule has 2 saturated heterocycles. The number of hydrogen-bond acceptors (Lipinski definition) is 3. The van der Waals surface area contributed by atoms with Gasteiger partial charge in [-0.3, -0.25) is 4.79 Å². The van der Waals surface area contributed by atoms with E-state index >= 15 is 0 Å². The minimum Gasteiger partial charge on any atom is -0.343 e. The zero-order valence-corrected chi connectivity index (χ0v) is 17.3. The Morgan fingerprint density at radius 2 is 2.15 bits per heavy atom. The van der Waals surface area contributed by atoms with Crippen molar-refractivity contribution in [3.8, 4) is 0 Å². The van der Waals surface area contributed by atoms with E-state index in [1.54, 1.807) is 18.2 Å². The van der Waals surface area contributed by atoms with E-state index in [1.807, 2.05) is 24.5 Å². The summed E-state index contributed by atoms with van der Waals surface area (Å²) in [7, 11) is 0. The highest BCUT2D eigenvalue weighted by Crippen LogP contribution is 2.41. The molecule has 2 N–H and O–H groups in total. The minimum absolute atomic E-state index is 0.0901. The number of carbonyl (C=O) groups is 1. The van der Waals surface area contributed by atoms with Gasteiger partial charge in [-0.2, -0.15) is 0 Å². The molecule has 2 aliphatic heterocycles. The lowest BCUT2D eigenvalue weighted by atomic mass is 9.67. The predicted octanol–water partition coefficient (Wildman–Crippen LogP) is 4.99. The van der Waals surface area contributed by atoms with Gasteiger partial charge in [-0.1, -0.05) is 43.0 Å². The number of amides is 1. The molecular weight excluding hydrogens is 376 g/mol. The van der Waals surface area contributed by atoms with Gasteiger partial charge in [0.15, 0.2) is 0 Å². The summed E-state index contributed by atoms with van der Waals surface area (Å²) in [5, 5.41) is 7.68. The summed E-state index contributed by atoms with van der Waals surface area (Å²) in [6, 6.07) is 5.28. The van der Waals surface area contributed by atoms with Gasteiger partial charge in [0.05, 0.1) is 11.1 Å². The number of nitrogens with one attached hydrogen (secondary N) is 2. The lowest BCUT2D eigenvalue weighted by Gasteiger charge is -2.52. The van der Waals surface area contributed by atoms with Crippen LogP contribution in [-0.2, 0) is 0 Å². The molecule has 2 heterocycles. The number of thioether (sulfide) groups is 1. The number of piperidine rings is 2. The molecule has 3 aliphatic rings. The van der Waals surface area contributed by atoms with E-state index < -0.39 is 0 Å². The van der Waals surface area contributed by atoms with E-state index in [9.17, 15) is 4.79 Å². The van der Waals surface area contributed by atoms with E-state index in [4.69, 9.17) is 11.6 Å². The lowest BCUT2D eigenvalue weighted by Crippen LogP contribution is -2.66. The quantitative estimate of drug-likeness (QED) is 0.498. The van der Waals surface area contributed by atoms with Gasteiger partial charge < -0.3 is 10.6 Å². The molecule has 5 heteroatoms. The van der Waals surface area contributed by atoms with Gasteiger partial charge >= 0.3 is 0 Å². The number of benzene rings is 1. The monoisotopic (exact) mass is 402 g/mol. The Hall–Kier alpha value is -1.49. The van der Waals surface area contributed by atoms with Crippen molar-refractivity contribution in [3.05, 3.63) is 65.7 Å². The summed E-state index contributed by atoms with van der Waals surface area (Å²) in [5.74, 6) is 0.673. The second-order valence-corrected chi connectivity index (χ2v) is 8.60. The Bertz CT molecular complexity index is 752. The SMILES string of the molecule is C=C/C=C(\C=C)C(NC(=O)c1ccc(Cl)c(SC)c1)C12CCC(CC1)CN2. The van der Waals surface area contributed by atoms with Crippen LogP contribution in [0.1, 0.15) is 36.0 Å². The molecule has 1 amide bonds. The van der Waals surface area contributed by atoms with Crippen molar-refractivity contribution in [2.24, 2.45) is 5.92 Å². The first-order valence-electron chi connectivity index (χ1n) is 9.37. The highest BCUT2D eigenvalue weighted by atomic mass is 35.5. The molecule has 0 spiro atoms. The second kappa shape index (κ2) is 8.68. The van der Waals surface area contributed by atoms with E-state index in [-0.39, 0.29) is 17.5 Å². The van der Waals surface area contributed by atoms with Crippen molar-refractivity contribution in [2.45, 2.75) is 42.2 Å². The first-order chi connectivity index (χ1) is 13.0. The van der Waals surface area contributed by atoms with Crippen LogP contribution in [0, 0.1) is 5.92 Å². The van der Waals surface area contributed by atoms with Gasteiger partial charge in [0.1, 0.15) is 0 Å². The third kappa shape index (κ3) is 4.18. The summed E-state index contributed by atoms with van der Waals surface area (Å²) in [6.07, 6.45) is 12.0. The molecule has 1 atom stereocenters. The fraction of sp³-hybridized carbons (Fsp3) is 0.409. The first-order valence-corrected chi connectivity index (χ1v) is 11.0. The Morgan fingerprint density at radius 1 is 1.41 bits per heavy atom. The predicted molar refractivity (Wildman–Crippen MR) is 116 cm³/mol. The van der Waals surface area contributed by atoms with Gasteiger partial charge in [0.25, 0.3) is 5.91 Å². The molecule has 144 valence electrons. The molecule has 1 aliphatic carbocycles. The zero-order valence-electron chi connectivity index (χ0n) is 15.8. The van der Waals surface area contributed by atoms with Crippen LogP contribution in [0.25, 0.3) is 0 Å². The van der Waals surface area contributed by atoms with Gasteiger partial charge in [0, 0.05) is 16.0 Å². The largest absolute Gasteiger partial charge is 0.343 e. The number of rotatable bonds is 7. The van der Waals surface area contributed by atoms with Gasteiger partial charge in [-0.05, 0) is 68.2 Å². The van der Waals surface area contributed by atoms with Crippen molar-refractivity contribution in [1.29, 1.82) is 0 Å². The third-order valence-electron chi connectivity index (χ3n) is 5.86. The summed E-state index contributed by atoms with van der Waals surface area (Å²) in [6.45, 7) is 8.82. The van der Waals surface area contributed by atoms with E-state index in [1.165, 1.54) is 24.6 Å². The van der Waals surface area contributed by atoms with Crippen LogP contribution in [0.5, 0.6) is 0 Å². The molecule has 27 heavy (non-hydrogen) atoms. The molecule has 0 aromatic heterocycles. The number of hydrogen-bond donors (Lipinski definition) is 2.